The van der Waals surface area contributed by atoms with Crippen molar-refractivity contribution in [2.75, 3.05) is 5.73 Å². The van der Waals surface area contributed by atoms with E-state index in [0.717, 1.165) is 0 Å². The lowest BCUT2D eigenvalue weighted by molar-refractivity contribution is -0.0668. The fourth-order valence-corrected chi connectivity index (χ4v) is 4.21. The lowest BCUT2D eigenvalue weighted by Gasteiger charge is -2.21. The van der Waals surface area contributed by atoms with Crippen LogP contribution in [-0.2, 0) is 4.74 Å². The van der Waals surface area contributed by atoms with Crippen molar-refractivity contribution in [3.8, 4) is 0 Å². The number of thiophene rings is 1. The van der Waals surface area contributed by atoms with Gasteiger partial charge in [-0.1, -0.05) is 12.1 Å². The number of rotatable bonds is 3. The van der Waals surface area contributed by atoms with Gasteiger partial charge in [0.15, 0.2) is 0 Å². The number of benzene rings is 1. The number of nitrogens with zero attached hydrogens (tertiary/aromatic N) is 2. The third kappa shape index (κ3) is 2.74. The van der Waals surface area contributed by atoms with Gasteiger partial charge in [0.25, 0.3) is 0 Å². The first-order valence-corrected chi connectivity index (χ1v) is 8.78. The van der Waals surface area contributed by atoms with E-state index in [2.05, 4.69) is 9.97 Å². The van der Waals surface area contributed by atoms with E-state index >= 15 is 0 Å². The van der Waals surface area contributed by atoms with Crippen LogP contribution in [0.15, 0.2) is 36.0 Å². The van der Waals surface area contributed by atoms with E-state index in [1.807, 2.05) is 0 Å². The molecule has 0 bridgehead atoms. The molecule has 3 heterocycles. The van der Waals surface area contributed by atoms with Crippen molar-refractivity contribution in [1.82, 2.24) is 9.97 Å². The van der Waals surface area contributed by atoms with E-state index in [1.165, 1.54) is 41.9 Å². The maximum absolute atomic E-state index is 13.1. The van der Waals surface area contributed by atoms with Crippen LogP contribution in [-0.4, -0.2) is 43.6 Å². The SMILES string of the molecule is Nc1ncnc2c([C@@H]3O[C@H]([C@H](O)c4ccc(F)cc4)[C@@H](O)[C@H]3O)scc12. The monoisotopic (exact) mass is 377 g/mol. The van der Waals surface area contributed by atoms with Crippen LogP contribution in [0, 0.1) is 5.82 Å². The quantitative estimate of drug-likeness (QED) is 0.543. The second-order valence-electron chi connectivity index (χ2n) is 6.12. The Morgan fingerprint density at radius 2 is 1.88 bits per heavy atom. The molecular weight excluding hydrogens is 361 g/mol. The maximum atomic E-state index is 13.1. The van der Waals surface area contributed by atoms with Gasteiger partial charge in [0.05, 0.1) is 15.8 Å². The number of halogens is 1. The van der Waals surface area contributed by atoms with E-state index in [4.69, 9.17) is 10.5 Å². The Bertz CT molecular complexity index is 935. The lowest BCUT2D eigenvalue weighted by atomic mass is 9.98. The molecule has 2 aromatic heterocycles. The van der Waals surface area contributed by atoms with Crippen molar-refractivity contribution in [2.45, 2.75) is 30.5 Å². The number of nitrogens with two attached hydrogens (primary N) is 1. The van der Waals surface area contributed by atoms with E-state index in [1.54, 1.807) is 5.38 Å². The standard InChI is InChI=1S/C17H16FN3O4S/c18-8-3-1-7(2-4-8)11(22)14-12(23)13(24)15(25-14)16-10-9(5-26-16)17(19)21-6-20-10/h1-6,11-15,22-24H,(H2,19,20,21)/t11-,12+,13-,14-,15-/m1/s1. The van der Waals surface area contributed by atoms with Crippen molar-refractivity contribution in [2.24, 2.45) is 0 Å². The zero-order chi connectivity index (χ0) is 18.4. The third-order valence-corrected chi connectivity index (χ3v) is 5.57. The van der Waals surface area contributed by atoms with E-state index in [9.17, 15) is 19.7 Å². The minimum absolute atomic E-state index is 0.313. The second kappa shape index (κ2) is 6.53. The Hall–Kier alpha value is -2.17. The fraction of sp³-hybridized carbons (Fsp3) is 0.294. The van der Waals surface area contributed by atoms with Gasteiger partial charge in [-0.25, -0.2) is 14.4 Å². The van der Waals surface area contributed by atoms with Crippen molar-refractivity contribution in [3.63, 3.8) is 0 Å². The predicted molar refractivity (Wildman–Crippen MR) is 92.8 cm³/mol. The molecule has 1 fully saturated rings. The average molecular weight is 377 g/mol. The molecule has 7 nitrogen and oxygen atoms in total. The van der Waals surface area contributed by atoms with E-state index in [-0.39, 0.29) is 0 Å². The molecule has 26 heavy (non-hydrogen) atoms. The highest BCUT2D eigenvalue weighted by Gasteiger charge is 2.48. The Balaban J connectivity index is 1.65. The Morgan fingerprint density at radius 3 is 2.62 bits per heavy atom. The van der Waals surface area contributed by atoms with Crippen LogP contribution in [0.1, 0.15) is 22.6 Å². The van der Waals surface area contributed by atoms with E-state index in [0.29, 0.717) is 27.2 Å². The van der Waals surface area contributed by atoms with Gasteiger partial charge >= 0.3 is 0 Å². The Kier molecular flexibility index (Phi) is 4.33. The molecular formula is C17H16FN3O4S. The minimum Gasteiger partial charge on any atom is -0.387 e. The van der Waals surface area contributed by atoms with Crippen molar-refractivity contribution in [3.05, 3.63) is 52.2 Å². The van der Waals surface area contributed by atoms with Crippen molar-refractivity contribution < 1.29 is 24.4 Å². The molecule has 0 spiro atoms. The van der Waals surface area contributed by atoms with Crippen LogP contribution < -0.4 is 5.73 Å². The molecule has 5 atom stereocenters. The van der Waals surface area contributed by atoms with Gasteiger partial charge in [-0.05, 0) is 17.7 Å². The number of aromatic nitrogens is 2. The molecule has 1 saturated heterocycles. The van der Waals surface area contributed by atoms with Crippen LogP contribution in [0.2, 0.25) is 0 Å². The summed E-state index contributed by atoms with van der Waals surface area (Å²) in [5.41, 5.74) is 6.74. The minimum atomic E-state index is -1.32. The van der Waals surface area contributed by atoms with Gasteiger partial charge in [-0.2, -0.15) is 0 Å². The van der Waals surface area contributed by atoms with Crippen molar-refractivity contribution in [1.29, 1.82) is 0 Å². The average Bonchev–Trinajstić information content (AvgIpc) is 3.18. The summed E-state index contributed by atoms with van der Waals surface area (Å²) in [6.07, 6.45) is -4.43. The number of nitrogen functional groups attached to an aromatic ring is 1. The maximum Gasteiger partial charge on any atom is 0.135 e. The summed E-state index contributed by atoms with van der Waals surface area (Å²) in [5, 5.41) is 33.7. The highest BCUT2D eigenvalue weighted by molar-refractivity contribution is 7.11. The molecule has 5 N–H and O–H groups in total. The number of ether oxygens (including phenoxy) is 1. The summed E-state index contributed by atoms with van der Waals surface area (Å²) in [7, 11) is 0. The Morgan fingerprint density at radius 1 is 1.15 bits per heavy atom. The largest absolute Gasteiger partial charge is 0.387 e. The van der Waals surface area contributed by atoms with Crippen LogP contribution in [0.5, 0.6) is 0 Å². The van der Waals surface area contributed by atoms with Crippen LogP contribution >= 0.6 is 11.3 Å². The number of hydrogen-bond acceptors (Lipinski definition) is 8. The number of fused-ring (bicyclic) bond motifs is 1. The van der Waals surface area contributed by atoms with Gasteiger partial charge in [-0.15, -0.1) is 11.3 Å². The number of anilines is 1. The highest BCUT2D eigenvalue weighted by atomic mass is 32.1. The zero-order valence-corrected chi connectivity index (χ0v) is 14.2. The summed E-state index contributed by atoms with van der Waals surface area (Å²) in [6, 6.07) is 5.23. The molecule has 9 heteroatoms. The smallest absolute Gasteiger partial charge is 0.135 e. The zero-order valence-electron chi connectivity index (χ0n) is 13.4. The van der Waals surface area contributed by atoms with Gasteiger partial charge in [-0.3, -0.25) is 0 Å². The molecule has 0 amide bonds. The van der Waals surface area contributed by atoms with Crippen LogP contribution in [0.4, 0.5) is 10.2 Å². The molecule has 4 rings (SSSR count). The first-order chi connectivity index (χ1) is 12.5. The topological polar surface area (TPSA) is 122 Å². The van der Waals surface area contributed by atoms with Crippen LogP contribution in [0.25, 0.3) is 10.9 Å². The number of aliphatic hydroxyl groups is 3. The summed E-state index contributed by atoms with van der Waals surface area (Å²) in [4.78, 5) is 8.70. The van der Waals surface area contributed by atoms with Gasteiger partial charge < -0.3 is 25.8 Å². The molecule has 1 aliphatic rings. The molecule has 0 aliphatic carbocycles. The molecule has 136 valence electrons. The Labute approximate surface area is 151 Å². The summed E-state index contributed by atoms with van der Waals surface area (Å²) in [5.74, 6) is -0.123. The lowest BCUT2D eigenvalue weighted by Crippen LogP contribution is -2.34. The highest BCUT2D eigenvalue weighted by Crippen LogP contribution is 2.43. The van der Waals surface area contributed by atoms with Crippen LogP contribution in [0.3, 0.4) is 0 Å². The second-order valence-corrected chi connectivity index (χ2v) is 7.03. The number of hydrogen-bond donors (Lipinski definition) is 4. The third-order valence-electron chi connectivity index (χ3n) is 4.53. The van der Waals surface area contributed by atoms with Crippen molar-refractivity contribution >= 4 is 28.1 Å². The molecule has 1 aromatic carbocycles. The first-order valence-electron chi connectivity index (χ1n) is 7.90. The normalized spacial score (nSPS) is 27.1. The van der Waals surface area contributed by atoms with E-state index < -0.39 is 36.3 Å². The summed E-state index contributed by atoms with van der Waals surface area (Å²) < 4.78 is 18.9. The number of aliphatic hydroxyl groups excluding tert-OH is 3. The molecule has 0 unspecified atom stereocenters. The summed E-state index contributed by atoms with van der Waals surface area (Å²) in [6.45, 7) is 0. The molecule has 0 radical (unpaired) electrons. The van der Waals surface area contributed by atoms with Gasteiger partial charge in [0.1, 0.15) is 48.5 Å². The first kappa shape index (κ1) is 17.3. The van der Waals surface area contributed by atoms with Gasteiger partial charge in [0, 0.05) is 5.38 Å². The van der Waals surface area contributed by atoms with Gasteiger partial charge in [0.2, 0.25) is 0 Å². The predicted octanol–water partition coefficient (Wildman–Crippen LogP) is 1.31. The molecule has 1 aliphatic heterocycles. The fourth-order valence-electron chi connectivity index (χ4n) is 3.13. The molecule has 3 aromatic rings. The summed E-state index contributed by atoms with van der Waals surface area (Å²) >= 11 is 1.28. The molecule has 0 saturated carbocycles.